The molecule has 0 saturated heterocycles. The third-order valence-electron chi connectivity index (χ3n) is 6.72. The number of carbonyl (C=O) groups is 2. The van der Waals surface area contributed by atoms with E-state index < -0.39 is 0 Å². The topological polar surface area (TPSA) is 97.5 Å². The third-order valence-corrected chi connectivity index (χ3v) is 7.76. The van der Waals surface area contributed by atoms with Gasteiger partial charge in [-0.3, -0.25) is 4.79 Å². The smallest absolute Gasteiger partial charge is 0.323 e. The molecule has 0 radical (unpaired) electrons. The second kappa shape index (κ2) is 10.7. The van der Waals surface area contributed by atoms with Gasteiger partial charge in [0.05, 0.1) is 30.3 Å². The van der Waals surface area contributed by atoms with Gasteiger partial charge in [0.1, 0.15) is 0 Å². The van der Waals surface area contributed by atoms with E-state index in [-0.39, 0.29) is 18.5 Å². The number of anilines is 3. The fraction of sp³-hybridized carbons (Fsp3) is 0.0968. The molecule has 0 bridgehead atoms. The highest BCUT2D eigenvalue weighted by atomic mass is 32.2. The number of fused-ring (bicyclic) bond motifs is 2. The van der Waals surface area contributed by atoms with Gasteiger partial charge >= 0.3 is 6.03 Å². The van der Waals surface area contributed by atoms with Gasteiger partial charge in [-0.1, -0.05) is 54.6 Å². The number of aliphatic hydroxyl groups excluding tert-OH is 1. The summed E-state index contributed by atoms with van der Waals surface area (Å²) in [5.74, 6) is 0.428. The quantitative estimate of drug-likeness (QED) is 0.197. The first-order valence-corrected chi connectivity index (χ1v) is 13.6. The van der Waals surface area contributed by atoms with Crippen LogP contribution >= 0.6 is 11.8 Å². The van der Waals surface area contributed by atoms with Gasteiger partial charge in [0.15, 0.2) is 0 Å². The van der Waals surface area contributed by atoms with Crippen molar-refractivity contribution < 1.29 is 14.7 Å². The lowest BCUT2D eigenvalue weighted by Crippen LogP contribution is -2.34. The van der Waals surface area contributed by atoms with Crippen LogP contribution < -0.4 is 15.5 Å². The van der Waals surface area contributed by atoms with E-state index in [9.17, 15) is 14.7 Å². The zero-order chi connectivity index (χ0) is 26.8. The average Bonchev–Trinajstić information content (AvgIpc) is 3.37. The van der Waals surface area contributed by atoms with E-state index in [0.29, 0.717) is 23.7 Å². The van der Waals surface area contributed by atoms with Crippen molar-refractivity contribution in [3.63, 3.8) is 0 Å². The molecule has 4 aromatic carbocycles. The van der Waals surface area contributed by atoms with Gasteiger partial charge in [0, 0.05) is 27.7 Å². The number of hydrogen-bond acceptors (Lipinski definition) is 4. The number of aromatic nitrogens is 1. The number of benzene rings is 4. The lowest BCUT2D eigenvalue weighted by atomic mass is 10.0. The number of thioether (sulfide) groups is 1. The molecule has 1 aliphatic rings. The Bertz CT molecular complexity index is 1680. The highest BCUT2D eigenvalue weighted by Gasteiger charge is 2.25. The Hall–Kier alpha value is -4.53. The van der Waals surface area contributed by atoms with Crippen LogP contribution in [-0.4, -0.2) is 27.8 Å². The zero-order valence-electron chi connectivity index (χ0n) is 21.0. The summed E-state index contributed by atoms with van der Waals surface area (Å²) in [4.78, 5) is 31.8. The molecule has 0 unspecified atom stereocenters. The number of urea groups is 1. The summed E-state index contributed by atoms with van der Waals surface area (Å²) in [6, 6.07) is 28.9. The lowest BCUT2D eigenvalue weighted by Gasteiger charge is -2.29. The summed E-state index contributed by atoms with van der Waals surface area (Å²) in [6.07, 6.45) is 1.77. The molecular formula is C31H26N4O3S. The highest BCUT2D eigenvalue weighted by molar-refractivity contribution is 8.00. The number of hydrogen-bond donors (Lipinski definition) is 4. The Morgan fingerprint density at radius 2 is 1.72 bits per heavy atom. The normalized spacial score (nSPS) is 12.8. The lowest BCUT2D eigenvalue weighted by molar-refractivity contribution is -0.116. The third kappa shape index (κ3) is 5.25. The van der Waals surface area contributed by atoms with Crippen LogP contribution in [0.4, 0.5) is 21.9 Å². The van der Waals surface area contributed by atoms with Crippen LogP contribution in [0.1, 0.15) is 11.1 Å². The maximum Gasteiger partial charge on any atom is 0.323 e. The summed E-state index contributed by atoms with van der Waals surface area (Å²) < 4.78 is 0. The molecule has 4 N–H and O–H groups in total. The van der Waals surface area contributed by atoms with E-state index >= 15 is 0 Å². The van der Waals surface area contributed by atoms with Crippen molar-refractivity contribution in [2.24, 2.45) is 0 Å². The van der Waals surface area contributed by atoms with Crippen LogP contribution in [0.3, 0.4) is 0 Å². The first-order valence-electron chi connectivity index (χ1n) is 12.6. The number of aromatic amines is 1. The molecule has 2 heterocycles. The fourth-order valence-corrected chi connectivity index (χ4v) is 5.67. The number of aliphatic hydroxyl groups is 1. The van der Waals surface area contributed by atoms with Crippen LogP contribution in [0.15, 0.2) is 102 Å². The molecule has 5 aromatic rings. The predicted molar refractivity (Wildman–Crippen MR) is 157 cm³/mol. The van der Waals surface area contributed by atoms with Crippen molar-refractivity contribution in [2.75, 3.05) is 21.3 Å². The van der Waals surface area contributed by atoms with Crippen LogP contribution in [-0.2, 0) is 17.9 Å². The Morgan fingerprint density at radius 3 is 2.56 bits per heavy atom. The number of amides is 3. The van der Waals surface area contributed by atoms with E-state index in [2.05, 4.69) is 15.6 Å². The Balaban J connectivity index is 1.22. The Kier molecular flexibility index (Phi) is 6.79. The van der Waals surface area contributed by atoms with Crippen LogP contribution in [0.2, 0.25) is 0 Å². The summed E-state index contributed by atoms with van der Waals surface area (Å²) >= 11 is 1.51. The van der Waals surface area contributed by atoms with Crippen molar-refractivity contribution in [1.29, 1.82) is 0 Å². The standard InChI is InChI=1S/C31H26N4O3S/c36-18-21-7-4-8-22(13-21)23-9-11-26-25(14-23)27(16-32-26)34-31(38)33-24-10-12-29-28(15-24)35(30(37)19-39-29)17-20-5-2-1-3-6-20/h1-16,32,36H,17-19H2,(H2,33,34,38). The highest BCUT2D eigenvalue weighted by Crippen LogP contribution is 2.38. The van der Waals surface area contributed by atoms with Gasteiger partial charge in [-0.2, -0.15) is 0 Å². The molecule has 1 aliphatic heterocycles. The molecule has 0 saturated carbocycles. The molecule has 6 rings (SSSR count). The fourth-order valence-electron chi connectivity index (χ4n) is 4.76. The number of carbonyl (C=O) groups excluding carboxylic acids is 2. The van der Waals surface area contributed by atoms with Crippen molar-refractivity contribution in [3.8, 4) is 11.1 Å². The van der Waals surface area contributed by atoms with Gasteiger partial charge in [-0.15, -0.1) is 11.8 Å². The van der Waals surface area contributed by atoms with Crippen molar-refractivity contribution >= 4 is 51.7 Å². The zero-order valence-corrected chi connectivity index (χ0v) is 21.8. The molecule has 194 valence electrons. The maximum atomic E-state index is 13.0. The molecule has 0 aliphatic carbocycles. The maximum absolute atomic E-state index is 13.0. The van der Waals surface area contributed by atoms with Gasteiger partial charge in [-0.05, 0) is 58.7 Å². The molecule has 39 heavy (non-hydrogen) atoms. The number of nitrogens with one attached hydrogen (secondary N) is 3. The predicted octanol–water partition coefficient (Wildman–Crippen LogP) is 6.61. The number of H-pyrrole nitrogens is 1. The van der Waals surface area contributed by atoms with Crippen LogP contribution in [0.5, 0.6) is 0 Å². The van der Waals surface area contributed by atoms with Crippen molar-refractivity contribution in [1.82, 2.24) is 4.98 Å². The molecule has 0 atom stereocenters. The monoisotopic (exact) mass is 534 g/mol. The summed E-state index contributed by atoms with van der Waals surface area (Å²) in [6.45, 7) is 0.453. The van der Waals surface area contributed by atoms with Crippen LogP contribution in [0, 0.1) is 0 Å². The SMILES string of the molecule is O=C(Nc1ccc2c(c1)N(Cc1ccccc1)C(=O)CS2)Nc1c[nH]c2ccc(-c3cccc(CO)c3)cc12. The van der Waals surface area contributed by atoms with Crippen molar-refractivity contribution in [2.45, 2.75) is 18.0 Å². The molecule has 3 amide bonds. The first kappa shape index (κ1) is 24.8. The van der Waals surface area contributed by atoms with E-state index in [0.717, 1.165) is 43.7 Å². The minimum atomic E-state index is -0.382. The van der Waals surface area contributed by atoms with E-state index in [1.54, 1.807) is 11.1 Å². The van der Waals surface area contributed by atoms with Crippen molar-refractivity contribution in [3.05, 3.63) is 108 Å². The van der Waals surface area contributed by atoms with E-state index in [1.807, 2.05) is 91.0 Å². The van der Waals surface area contributed by atoms with Gasteiger partial charge in [0.25, 0.3) is 0 Å². The second-order valence-corrected chi connectivity index (χ2v) is 10.4. The largest absolute Gasteiger partial charge is 0.392 e. The van der Waals surface area contributed by atoms with Crippen LogP contribution in [0.25, 0.3) is 22.0 Å². The molecule has 8 heteroatoms. The summed E-state index contributed by atoms with van der Waals surface area (Å²) in [5, 5.41) is 16.2. The first-order chi connectivity index (χ1) is 19.1. The summed E-state index contributed by atoms with van der Waals surface area (Å²) in [7, 11) is 0. The number of rotatable bonds is 6. The Morgan fingerprint density at radius 1 is 0.897 bits per heavy atom. The van der Waals surface area contributed by atoms with E-state index in [1.165, 1.54) is 11.8 Å². The minimum absolute atomic E-state index is 0.0211. The number of nitrogens with zero attached hydrogens (tertiary/aromatic N) is 1. The van der Waals surface area contributed by atoms with E-state index in [4.69, 9.17) is 0 Å². The van der Waals surface area contributed by atoms with Gasteiger partial charge in [0.2, 0.25) is 5.91 Å². The van der Waals surface area contributed by atoms with Gasteiger partial charge in [-0.25, -0.2) is 4.79 Å². The molecular weight excluding hydrogens is 508 g/mol. The minimum Gasteiger partial charge on any atom is -0.392 e. The average molecular weight is 535 g/mol. The second-order valence-electron chi connectivity index (χ2n) is 9.34. The Labute approximate surface area is 229 Å². The molecule has 0 fully saturated rings. The molecule has 7 nitrogen and oxygen atoms in total. The molecule has 0 spiro atoms. The summed E-state index contributed by atoms with van der Waals surface area (Å²) in [5.41, 5.74) is 6.79. The van der Waals surface area contributed by atoms with Gasteiger partial charge < -0.3 is 25.6 Å². The molecule has 1 aromatic heterocycles.